The number of anilines is 1. The van der Waals surface area contributed by atoms with E-state index in [2.05, 4.69) is 5.32 Å². The van der Waals surface area contributed by atoms with Crippen LogP contribution >= 0.6 is 0 Å². The minimum atomic E-state index is -0.180. The molecule has 0 saturated carbocycles. The van der Waals surface area contributed by atoms with Crippen molar-refractivity contribution in [3.63, 3.8) is 0 Å². The van der Waals surface area contributed by atoms with E-state index in [1.54, 1.807) is 32.4 Å². The van der Waals surface area contributed by atoms with E-state index in [0.29, 0.717) is 23.7 Å². The van der Waals surface area contributed by atoms with Crippen LogP contribution in [0.4, 0.5) is 5.69 Å². The van der Waals surface area contributed by atoms with E-state index in [-0.39, 0.29) is 11.8 Å². The Labute approximate surface area is 114 Å². The molecule has 0 spiro atoms. The van der Waals surface area contributed by atoms with Crippen molar-refractivity contribution in [2.45, 2.75) is 19.8 Å². The molecule has 1 unspecified atom stereocenters. The number of benzene rings is 1. The molecule has 0 aromatic heterocycles. The number of hydrogen-bond donors (Lipinski definition) is 2. The summed E-state index contributed by atoms with van der Waals surface area (Å²) >= 11 is 0. The van der Waals surface area contributed by atoms with Crippen LogP contribution in [0, 0.1) is 5.92 Å². The van der Waals surface area contributed by atoms with E-state index < -0.39 is 0 Å². The Morgan fingerprint density at radius 3 is 2.63 bits per heavy atom. The van der Waals surface area contributed by atoms with Crippen LogP contribution in [0.5, 0.6) is 11.5 Å². The second-order valence-corrected chi connectivity index (χ2v) is 4.28. The zero-order valence-electron chi connectivity index (χ0n) is 11.7. The monoisotopic (exact) mass is 266 g/mol. The third-order valence-corrected chi connectivity index (χ3v) is 2.96. The molecule has 1 aromatic rings. The van der Waals surface area contributed by atoms with Crippen LogP contribution in [0.25, 0.3) is 0 Å². The van der Waals surface area contributed by atoms with Crippen molar-refractivity contribution in [3.8, 4) is 11.5 Å². The van der Waals surface area contributed by atoms with Crippen molar-refractivity contribution >= 4 is 11.6 Å². The van der Waals surface area contributed by atoms with Gasteiger partial charge < -0.3 is 20.5 Å². The van der Waals surface area contributed by atoms with Crippen LogP contribution in [0.1, 0.15) is 19.8 Å². The Kier molecular flexibility index (Phi) is 6.15. The first-order chi connectivity index (χ1) is 9.15. The minimum absolute atomic E-state index is 0.0871. The number of hydrogen-bond acceptors (Lipinski definition) is 4. The molecule has 1 aromatic carbocycles. The standard InChI is InChI=1S/C14H22N2O3/c1-4-5-10(9-15)14(17)16-12-8-11(18-2)6-7-13(12)19-3/h6-8,10H,4-5,9,15H2,1-3H3,(H,16,17). The zero-order chi connectivity index (χ0) is 14.3. The molecule has 5 heteroatoms. The van der Waals surface area contributed by atoms with Gasteiger partial charge >= 0.3 is 0 Å². The topological polar surface area (TPSA) is 73.6 Å². The van der Waals surface area contributed by atoms with Crippen molar-refractivity contribution in [2.24, 2.45) is 11.7 Å². The van der Waals surface area contributed by atoms with E-state index in [1.807, 2.05) is 6.92 Å². The fourth-order valence-corrected chi connectivity index (χ4v) is 1.85. The van der Waals surface area contributed by atoms with Crippen LogP contribution in [-0.4, -0.2) is 26.7 Å². The normalized spacial score (nSPS) is 11.8. The molecule has 1 atom stereocenters. The molecule has 0 bridgehead atoms. The van der Waals surface area contributed by atoms with Gasteiger partial charge in [0.2, 0.25) is 5.91 Å². The summed E-state index contributed by atoms with van der Waals surface area (Å²) in [5.41, 5.74) is 6.22. The van der Waals surface area contributed by atoms with E-state index >= 15 is 0 Å². The summed E-state index contributed by atoms with van der Waals surface area (Å²) in [5.74, 6) is 0.995. The van der Waals surface area contributed by atoms with Crippen molar-refractivity contribution in [1.29, 1.82) is 0 Å². The molecule has 0 heterocycles. The molecule has 0 saturated heterocycles. The van der Waals surface area contributed by atoms with E-state index in [0.717, 1.165) is 12.8 Å². The maximum atomic E-state index is 12.1. The lowest BCUT2D eigenvalue weighted by Crippen LogP contribution is -2.29. The molecule has 1 rings (SSSR count). The first-order valence-electron chi connectivity index (χ1n) is 6.39. The Morgan fingerprint density at radius 2 is 2.11 bits per heavy atom. The molecule has 106 valence electrons. The van der Waals surface area contributed by atoms with Crippen LogP contribution in [0.3, 0.4) is 0 Å². The number of amides is 1. The number of carbonyl (C=O) groups excluding carboxylic acids is 1. The second-order valence-electron chi connectivity index (χ2n) is 4.28. The molecule has 3 N–H and O–H groups in total. The molecule has 0 aliphatic carbocycles. The van der Waals surface area contributed by atoms with Crippen LogP contribution in [0.2, 0.25) is 0 Å². The summed E-state index contributed by atoms with van der Waals surface area (Å²) in [7, 11) is 3.14. The summed E-state index contributed by atoms with van der Waals surface area (Å²) in [4.78, 5) is 12.1. The van der Waals surface area contributed by atoms with Gasteiger partial charge in [0.05, 0.1) is 25.8 Å². The van der Waals surface area contributed by atoms with E-state index in [9.17, 15) is 4.79 Å². The van der Waals surface area contributed by atoms with Gasteiger partial charge in [-0.15, -0.1) is 0 Å². The fourth-order valence-electron chi connectivity index (χ4n) is 1.85. The van der Waals surface area contributed by atoms with Gasteiger partial charge in [-0.25, -0.2) is 0 Å². The third-order valence-electron chi connectivity index (χ3n) is 2.96. The average Bonchev–Trinajstić information content (AvgIpc) is 2.44. The van der Waals surface area contributed by atoms with Gasteiger partial charge in [-0.05, 0) is 18.6 Å². The van der Waals surface area contributed by atoms with Gasteiger partial charge in [-0.3, -0.25) is 4.79 Å². The Bertz CT molecular complexity index is 421. The predicted molar refractivity (Wildman–Crippen MR) is 75.6 cm³/mol. The SMILES string of the molecule is CCCC(CN)C(=O)Nc1cc(OC)ccc1OC. The van der Waals surface area contributed by atoms with Crippen LogP contribution < -0.4 is 20.5 Å². The average molecular weight is 266 g/mol. The Balaban J connectivity index is 2.87. The molecular weight excluding hydrogens is 244 g/mol. The minimum Gasteiger partial charge on any atom is -0.497 e. The molecule has 0 radical (unpaired) electrons. The Hall–Kier alpha value is -1.75. The molecule has 1 amide bonds. The lowest BCUT2D eigenvalue weighted by molar-refractivity contribution is -0.119. The molecular formula is C14H22N2O3. The lowest BCUT2D eigenvalue weighted by atomic mass is 10.0. The number of nitrogens with one attached hydrogen (secondary N) is 1. The second kappa shape index (κ2) is 7.63. The van der Waals surface area contributed by atoms with Gasteiger partial charge in [0.15, 0.2) is 0 Å². The summed E-state index contributed by atoms with van der Waals surface area (Å²) in [6.07, 6.45) is 1.69. The predicted octanol–water partition coefficient (Wildman–Crippen LogP) is 2.02. The van der Waals surface area contributed by atoms with Crippen molar-refractivity contribution < 1.29 is 14.3 Å². The quantitative estimate of drug-likeness (QED) is 0.792. The highest BCUT2D eigenvalue weighted by atomic mass is 16.5. The first kappa shape index (κ1) is 15.3. The smallest absolute Gasteiger partial charge is 0.228 e. The van der Waals surface area contributed by atoms with Crippen molar-refractivity contribution in [3.05, 3.63) is 18.2 Å². The number of methoxy groups -OCH3 is 2. The maximum absolute atomic E-state index is 12.1. The van der Waals surface area contributed by atoms with Gasteiger partial charge in [-0.1, -0.05) is 13.3 Å². The molecule has 0 aliphatic heterocycles. The molecule has 5 nitrogen and oxygen atoms in total. The van der Waals surface area contributed by atoms with Crippen LogP contribution in [-0.2, 0) is 4.79 Å². The van der Waals surface area contributed by atoms with Crippen LogP contribution in [0.15, 0.2) is 18.2 Å². The van der Waals surface area contributed by atoms with Crippen molar-refractivity contribution in [1.82, 2.24) is 0 Å². The summed E-state index contributed by atoms with van der Waals surface area (Å²) in [6.45, 7) is 2.37. The van der Waals surface area contributed by atoms with Gasteiger partial charge in [0.1, 0.15) is 11.5 Å². The summed E-state index contributed by atoms with van der Waals surface area (Å²) in [6, 6.07) is 5.27. The van der Waals surface area contributed by atoms with E-state index in [1.165, 1.54) is 0 Å². The zero-order valence-corrected chi connectivity index (χ0v) is 11.7. The number of nitrogens with two attached hydrogens (primary N) is 1. The molecule has 0 aliphatic rings. The van der Waals surface area contributed by atoms with Gasteiger partial charge in [0.25, 0.3) is 0 Å². The lowest BCUT2D eigenvalue weighted by Gasteiger charge is -2.16. The largest absolute Gasteiger partial charge is 0.497 e. The number of carbonyl (C=O) groups is 1. The molecule has 0 fully saturated rings. The van der Waals surface area contributed by atoms with Gasteiger partial charge in [0, 0.05) is 12.6 Å². The van der Waals surface area contributed by atoms with Crippen molar-refractivity contribution in [2.75, 3.05) is 26.1 Å². The highest BCUT2D eigenvalue weighted by Crippen LogP contribution is 2.29. The number of ether oxygens (including phenoxy) is 2. The Morgan fingerprint density at radius 1 is 1.37 bits per heavy atom. The summed E-state index contributed by atoms with van der Waals surface area (Å²) in [5, 5.41) is 2.85. The highest BCUT2D eigenvalue weighted by molar-refractivity contribution is 5.94. The third kappa shape index (κ3) is 4.13. The molecule has 19 heavy (non-hydrogen) atoms. The van der Waals surface area contributed by atoms with Gasteiger partial charge in [-0.2, -0.15) is 0 Å². The maximum Gasteiger partial charge on any atom is 0.228 e. The van der Waals surface area contributed by atoms with E-state index in [4.69, 9.17) is 15.2 Å². The summed E-state index contributed by atoms with van der Waals surface area (Å²) < 4.78 is 10.4. The fraction of sp³-hybridized carbons (Fsp3) is 0.500. The highest BCUT2D eigenvalue weighted by Gasteiger charge is 2.17. The number of rotatable bonds is 7. The first-order valence-corrected chi connectivity index (χ1v) is 6.39.